The number of carbonyl (C=O) groups excluding carboxylic acids is 1. The van der Waals surface area contributed by atoms with Crippen molar-refractivity contribution < 1.29 is 9.90 Å². The minimum Gasteiger partial charge on any atom is -0.389 e. The summed E-state index contributed by atoms with van der Waals surface area (Å²) in [5.74, 6) is 1.50. The molecule has 0 atom stereocenters. The number of carbonyl (C=O) groups is 1. The highest BCUT2D eigenvalue weighted by Gasteiger charge is 2.28. The molecule has 17 heavy (non-hydrogen) atoms. The van der Waals surface area contributed by atoms with Crippen LogP contribution in [-0.4, -0.2) is 40.9 Å². The van der Waals surface area contributed by atoms with E-state index in [9.17, 15) is 4.79 Å². The molecule has 1 amide bonds. The number of hydrogen-bond donors (Lipinski definition) is 1. The second kappa shape index (κ2) is 5.56. The number of likely N-dealkylation sites (tertiary alicyclic amines) is 1. The van der Waals surface area contributed by atoms with Gasteiger partial charge in [-0.3, -0.25) is 4.79 Å². The van der Waals surface area contributed by atoms with Crippen molar-refractivity contribution >= 4 is 17.7 Å². The van der Waals surface area contributed by atoms with Crippen LogP contribution in [0.2, 0.25) is 0 Å². The molecule has 1 aliphatic heterocycles. The average Bonchev–Trinajstić information content (AvgIpc) is 2.27. The predicted octanol–water partition coefficient (Wildman–Crippen LogP) is 1.43. The largest absolute Gasteiger partial charge is 0.389 e. The topological polar surface area (TPSA) is 40.5 Å². The van der Waals surface area contributed by atoms with Crippen LogP contribution in [0, 0.1) is 6.92 Å². The van der Waals surface area contributed by atoms with Crippen molar-refractivity contribution in [2.75, 3.05) is 18.8 Å². The van der Waals surface area contributed by atoms with Crippen LogP contribution in [-0.2, 0) is 10.5 Å². The first-order chi connectivity index (χ1) is 8.15. The summed E-state index contributed by atoms with van der Waals surface area (Å²) < 4.78 is 0. The molecule has 0 radical (unpaired) electrons. The van der Waals surface area contributed by atoms with Crippen LogP contribution in [0.25, 0.3) is 0 Å². The van der Waals surface area contributed by atoms with Gasteiger partial charge < -0.3 is 10.0 Å². The molecule has 4 heteroatoms. The third kappa shape index (κ3) is 3.48. The van der Waals surface area contributed by atoms with Gasteiger partial charge in [0.15, 0.2) is 0 Å². The van der Waals surface area contributed by atoms with E-state index >= 15 is 0 Å². The summed E-state index contributed by atoms with van der Waals surface area (Å²) in [5.41, 5.74) is 2.50. The normalized spacial score (nSPS) is 15.8. The fraction of sp³-hybridized carbons (Fsp3) is 0.462. The van der Waals surface area contributed by atoms with Crippen molar-refractivity contribution in [1.29, 1.82) is 0 Å². The Hall–Kier alpha value is -1.00. The lowest BCUT2D eigenvalue weighted by Crippen LogP contribution is -2.54. The number of aryl methyl sites for hydroxylation is 1. The summed E-state index contributed by atoms with van der Waals surface area (Å²) >= 11 is 1.63. The van der Waals surface area contributed by atoms with Crippen LogP contribution in [0.3, 0.4) is 0 Å². The molecule has 2 rings (SSSR count). The Bertz CT molecular complexity index is 385. The molecule has 0 spiro atoms. The molecule has 92 valence electrons. The SMILES string of the molecule is Cc1ccc(CSCC(=O)N2CC(O)C2)cc1. The fourth-order valence-corrected chi connectivity index (χ4v) is 2.58. The quantitative estimate of drug-likeness (QED) is 0.880. The predicted molar refractivity (Wildman–Crippen MR) is 69.9 cm³/mol. The Morgan fingerprint density at radius 1 is 1.41 bits per heavy atom. The van der Waals surface area contributed by atoms with E-state index in [2.05, 4.69) is 31.2 Å². The van der Waals surface area contributed by atoms with Crippen LogP contribution in [0.4, 0.5) is 0 Å². The van der Waals surface area contributed by atoms with Gasteiger partial charge in [0.1, 0.15) is 0 Å². The molecule has 0 saturated carbocycles. The van der Waals surface area contributed by atoms with Gasteiger partial charge in [-0.15, -0.1) is 11.8 Å². The van der Waals surface area contributed by atoms with Crippen molar-refractivity contribution in [3.63, 3.8) is 0 Å². The highest BCUT2D eigenvalue weighted by molar-refractivity contribution is 7.99. The number of thioether (sulfide) groups is 1. The van der Waals surface area contributed by atoms with Crippen molar-refractivity contribution in [1.82, 2.24) is 4.90 Å². The maximum Gasteiger partial charge on any atom is 0.232 e. The van der Waals surface area contributed by atoms with Crippen molar-refractivity contribution in [3.8, 4) is 0 Å². The summed E-state index contributed by atoms with van der Waals surface area (Å²) in [6.07, 6.45) is -0.305. The van der Waals surface area contributed by atoms with Crippen molar-refractivity contribution in [2.45, 2.75) is 18.8 Å². The second-order valence-electron chi connectivity index (χ2n) is 4.43. The number of amides is 1. The van der Waals surface area contributed by atoms with Crippen molar-refractivity contribution in [3.05, 3.63) is 35.4 Å². The van der Waals surface area contributed by atoms with E-state index in [1.165, 1.54) is 11.1 Å². The Kier molecular flexibility index (Phi) is 4.07. The van der Waals surface area contributed by atoms with Gasteiger partial charge in [0.05, 0.1) is 11.9 Å². The van der Waals surface area contributed by atoms with Gasteiger partial charge in [0, 0.05) is 18.8 Å². The zero-order valence-electron chi connectivity index (χ0n) is 9.93. The molecule has 1 aromatic rings. The molecular formula is C13H17NO2S. The number of hydrogen-bond acceptors (Lipinski definition) is 3. The second-order valence-corrected chi connectivity index (χ2v) is 5.42. The molecule has 0 unspecified atom stereocenters. The van der Waals surface area contributed by atoms with Crippen LogP contribution < -0.4 is 0 Å². The van der Waals surface area contributed by atoms with Gasteiger partial charge in [-0.2, -0.15) is 0 Å². The van der Waals surface area contributed by atoms with E-state index in [4.69, 9.17) is 5.11 Å². The van der Waals surface area contributed by atoms with Crippen LogP contribution >= 0.6 is 11.8 Å². The molecular weight excluding hydrogens is 234 g/mol. The Labute approximate surface area is 106 Å². The number of aliphatic hydroxyl groups is 1. The van der Waals surface area contributed by atoms with Crippen LogP contribution in [0.1, 0.15) is 11.1 Å². The number of rotatable bonds is 4. The first-order valence-electron chi connectivity index (χ1n) is 5.74. The smallest absolute Gasteiger partial charge is 0.232 e. The summed E-state index contributed by atoms with van der Waals surface area (Å²) in [6.45, 7) is 3.07. The molecule has 0 aromatic heterocycles. The summed E-state index contributed by atoms with van der Waals surface area (Å²) in [6, 6.07) is 8.37. The molecule has 1 aromatic carbocycles. The lowest BCUT2D eigenvalue weighted by Gasteiger charge is -2.35. The first-order valence-corrected chi connectivity index (χ1v) is 6.90. The van der Waals surface area contributed by atoms with E-state index in [0.717, 1.165) is 5.75 Å². The standard InChI is InChI=1S/C13H17NO2S/c1-10-2-4-11(5-3-10)8-17-9-13(16)14-6-12(15)7-14/h2-5,12,15H,6-9H2,1H3. The maximum absolute atomic E-state index is 11.6. The van der Waals surface area contributed by atoms with Gasteiger partial charge in [-0.25, -0.2) is 0 Å². The van der Waals surface area contributed by atoms with E-state index < -0.39 is 0 Å². The summed E-state index contributed by atoms with van der Waals surface area (Å²) in [4.78, 5) is 13.3. The maximum atomic E-state index is 11.6. The molecule has 0 aliphatic carbocycles. The Morgan fingerprint density at radius 3 is 2.65 bits per heavy atom. The Morgan fingerprint density at radius 2 is 2.06 bits per heavy atom. The van der Waals surface area contributed by atoms with Gasteiger partial charge >= 0.3 is 0 Å². The first kappa shape index (κ1) is 12.5. The van der Waals surface area contributed by atoms with Gasteiger partial charge in [-0.1, -0.05) is 29.8 Å². The lowest BCUT2D eigenvalue weighted by molar-refractivity contribution is -0.138. The molecule has 1 fully saturated rings. The number of β-amino-alcohol motifs (C(OH)–C–C–N with tert-alkyl or cyclic N) is 1. The molecule has 1 saturated heterocycles. The fourth-order valence-electron chi connectivity index (χ4n) is 1.69. The zero-order valence-corrected chi connectivity index (χ0v) is 10.7. The number of nitrogens with zero attached hydrogens (tertiary/aromatic N) is 1. The average molecular weight is 251 g/mol. The summed E-state index contributed by atoms with van der Waals surface area (Å²) in [5, 5.41) is 9.10. The molecule has 1 N–H and O–H groups in total. The molecule has 1 aliphatic rings. The highest BCUT2D eigenvalue weighted by atomic mass is 32.2. The lowest BCUT2D eigenvalue weighted by atomic mass is 10.2. The molecule has 0 bridgehead atoms. The third-order valence-corrected chi connectivity index (χ3v) is 3.82. The van der Waals surface area contributed by atoms with Gasteiger partial charge in [0.25, 0.3) is 0 Å². The Balaban J connectivity index is 1.69. The monoisotopic (exact) mass is 251 g/mol. The number of aliphatic hydroxyl groups excluding tert-OH is 1. The van der Waals surface area contributed by atoms with Gasteiger partial charge in [0.2, 0.25) is 5.91 Å². The van der Waals surface area contributed by atoms with Crippen molar-refractivity contribution in [2.24, 2.45) is 0 Å². The van der Waals surface area contributed by atoms with E-state index in [-0.39, 0.29) is 12.0 Å². The van der Waals surface area contributed by atoms with Crippen LogP contribution in [0.15, 0.2) is 24.3 Å². The highest BCUT2D eigenvalue weighted by Crippen LogP contribution is 2.15. The third-order valence-electron chi connectivity index (χ3n) is 2.83. The van der Waals surface area contributed by atoms with E-state index in [1.54, 1.807) is 16.7 Å². The van der Waals surface area contributed by atoms with E-state index in [0.29, 0.717) is 18.8 Å². The minimum absolute atomic E-state index is 0.132. The molecule has 1 heterocycles. The molecule has 3 nitrogen and oxygen atoms in total. The van der Waals surface area contributed by atoms with Crippen LogP contribution in [0.5, 0.6) is 0 Å². The minimum atomic E-state index is -0.305. The van der Waals surface area contributed by atoms with Gasteiger partial charge in [-0.05, 0) is 12.5 Å². The zero-order chi connectivity index (χ0) is 12.3. The van der Waals surface area contributed by atoms with E-state index in [1.807, 2.05) is 0 Å². The summed E-state index contributed by atoms with van der Waals surface area (Å²) in [7, 11) is 0. The number of benzene rings is 1.